The van der Waals surface area contributed by atoms with Crippen LogP contribution in [-0.2, 0) is 4.79 Å². The molecule has 0 amide bonds. The molecule has 84 valence electrons. The highest BCUT2D eigenvalue weighted by Gasteiger charge is 2.11. The van der Waals surface area contributed by atoms with Gasteiger partial charge in [-0.25, -0.2) is 4.79 Å². The Morgan fingerprint density at radius 3 is 2.47 bits per heavy atom. The third-order valence-electron chi connectivity index (χ3n) is 2.51. The molecule has 15 heavy (non-hydrogen) atoms. The van der Waals surface area contributed by atoms with E-state index in [4.69, 9.17) is 5.11 Å². The van der Waals surface area contributed by atoms with Gasteiger partial charge in [-0.2, -0.15) is 0 Å². The van der Waals surface area contributed by atoms with Crippen LogP contribution in [0.2, 0.25) is 0 Å². The smallest absolute Gasteiger partial charge is 0.327 e. The van der Waals surface area contributed by atoms with E-state index in [0.717, 1.165) is 12.0 Å². The van der Waals surface area contributed by atoms with Crippen LogP contribution < -0.4 is 0 Å². The lowest BCUT2D eigenvalue weighted by atomic mass is 9.86. The van der Waals surface area contributed by atoms with E-state index in [9.17, 15) is 4.79 Å². The summed E-state index contributed by atoms with van der Waals surface area (Å²) < 4.78 is 0. The van der Waals surface area contributed by atoms with Crippen molar-refractivity contribution in [3.63, 3.8) is 0 Å². The molecule has 1 N–H and O–H groups in total. The average molecular weight is 208 g/mol. The first kappa shape index (κ1) is 13.7. The molecule has 1 aliphatic rings. The maximum Gasteiger partial charge on any atom is 0.327 e. The zero-order valence-electron chi connectivity index (χ0n) is 9.62. The molecule has 1 atom stereocenters. The Bertz CT molecular complexity index is 274. The molecule has 0 saturated heterocycles. The van der Waals surface area contributed by atoms with E-state index in [-0.39, 0.29) is 0 Å². The van der Waals surface area contributed by atoms with Crippen molar-refractivity contribution in [3.05, 3.63) is 36.5 Å². The van der Waals surface area contributed by atoms with Crippen molar-refractivity contribution in [1.82, 2.24) is 0 Å². The number of hydrogen-bond donors (Lipinski definition) is 1. The van der Waals surface area contributed by atoms with Gasteiger partial charge in [0.05, 0.1) is 0 Å². The van der Waals surface area contributed by atoms with E-state index >= 15 is 0 Å². The van der Waals surface area contributed by atoms with Crippen LogP contribution in [-0.4, -0.2) is 11.1 Å². The van der Waals surface area contributed by atoms with E-state index in [1.165, 1.54) is 24.8 Å². The normalized spacial score (nSPS) is 19.3. The molecule has 0 heterocycles. The van der Waals surface area contributed by atoms with Gasteiger partial charge in [-0.05, 0) is 39.0 Å². The van der Waals surface area contributed by atoms with Crippen LogP contribution >= 0.6 is 0 Å². The van der Waals surface area contributed by atoms with Gasteiger partial charge in [-0.1, -0.05) is 30.4 Å². The number of hydrogen-bond acceptors (Lipinski definition) is 1. The Morgan fingerprint density at radius 1 is 1.67 bits per heavy atom. The summed E-state index contributed by atoms with van der Waals surface area (Å²) in [4.78, 5) is 9.25. The molecule has 0 aliphatic heterocycles. The van der Waals surface area contributed by atoms with Gasteiger partial charge in [0.25, 0.3) is 0 Å². The average Bonchev–Trinajstić information content (AvgIpc) is 2.19. The summed E-state index contributed by atoms with van der Waals surface area (Å²) in [5.74, 6) is -0.214. The van der Waals surface area contributed by atoms with Crippen molar-refractivity contribution >= 4 is 5.97 Å². The molecule has 2 nitrogen and oxygen atoms in total. The monoisotopic (exact) mass is 208 g/mol. The molecule has 0 saturated carbocycles. The SMILES string of the molecule is C=C(C)C1CC=C(C)CC1.C=CC(=O)O. The second-order valence-corrected chi connectivity index (χ2v) is 3.91. The summed E-state index contributed by atoms with van der Waals surface area (Å²) >= 11 is 0. The molecule has 1 rings (SSSR count). The molecule has 0 aromatic carbocycles. The van der Waals surface area contributed by atoms with Crippen LogP contribution in [0.4, 0.5) is 0 Å². The maximum atomic E-state index is 9.25. The first-order valence-electron chi connectivity index (χ1n) is 5.13. The van der Waals surface area contributed by atoms with Gasteiger partial charge in [-0.15, -0.1) is 0 Å². The highest BCUT2D eigenvalue weighted by atomic mass is 16.4. The third kappa shape index (κ3) is 6.72. The predicted octanol–water partition coefficient (Wildman–Crippen LogP) is 3.57. The van der Waals surface area contributed by atoms with Crippen molar-refractivity contribution in [2.45, 2.75) is 33.1 Å². The Hall–Kier alpha value is -1.31. The fourth-order valence-corrected chi connectivity index (χ4v) is 1.41. The van der Waals surface area contributed by atoms with Crippen LogP contribution in [0, 0.1) is 5.92 Å². The molecule has 1 unspecified atom stereocenters. The standard InChI is InChI=1S/C10H16.C3H4O2/c1-8(2)10-6-4-9(3)5-7-10;1-2-3(4)5/h4,10H,1,5-7H2,2-3H3;2H,1H2,(H,4,5). The quantitative estimate of drug-likeness (QED) is 0.556. The summed E-state index contributed by atoms with van der Waals surface area (Å²) in [6.07, 6.45) is 7.00. The molecule has 0 radical (unpaired) electrons. The summed E-state index contributed by atoms with van der Waals surface area (Å²) in [6.45, 7) is 11.3. The fraction of sp³-hybridized carbons (Fsp3) is 0.462. The summed E-state index contributed by atoms with van der Waals surface area (Å²) in [6, 6.07) is 0. The number of carbonyl (C=O) groups is 1. The van der Waals surface area contributed by atoms with Gasteiger partial charge in [0.1, 0.15) is 0 Å². The topological polar surface area (TPSA) is 37.3 Å². The van der Waals surface area contributed by atoms with Crippen molar-refractivity contribution in [1.29, 1.82) is 0 Å². The van der Waals surface area contributed by atoms with Crippen LogP contribution in [0.5, 0.6) is 0 Å². The van der Waals surface area contributed by atoms with Gasteiger partial charge in [0, 0.05) is 6.08 Å². The molecule has 0 bridgehead atoms. The largest absolute Gasteiger partial charge is 0.478 e. The number of carboxylic acid groups (broad SMARTS) is 1. The Kier molecular flexibility index (Phi) is 6.43. The minimum atomic E-state index is -0.981. The molecule has 0 spiro atoms. The van der Waals surface area contributed by atoms with E-state index in [2.05, 4.69) is 33.1 Å². The lowest BCUT2D eigenvalue weighted by Gasteiger charge is -2.19. The second-order valence-electron chi connectivity index (χ2n) is 3.91. The van der Waals surface area contributed by atoms with Gasteiger partial charge in [-0.3, -0.25) is 0 Å². The van der Waals surface area contributed by atoms with Crippen molar-refractivity contribution in [2.24, 2.45) is 5.92 Å². The second kappa shape index (κ2) is 7.04. The molecule has 1 aliphatic carbocycles. The van der Waals surface area contributed by atoms with Gasteiger partial charge in [0.15, 0.2) is 0 Å². The van der Waals surface area contributed by atoms with E-state index < -0.39 is 5.97 Å². The predicted molar refractivity (Wildman–Crippen MR) is 63.7 cm³/mol. The number of aliphatic carboxylic acids is 1. The van der Waals surface area contributed by atoms with E-state index in [0.29, 0.717) is 0 Å². The van der Waals surface area contributed by atoms with E-state index in [1.54, 1.807) is 5.57 Å². The first-order chi connectivity index (χ1) is 6.97. The molecular weight excluding hydrogens is 188 g/mol. The fourth-order valence-electron chi connectivity index (χ4n) is 1.41. The molecule has 0 aromatic heterocycles. The van der Waals surface area contributed by atoms with Crippen molar-refractivity contribution in [3.8, 4) is 0 Å². The highest BCUT2D eigenvalue weighted by Crippen LogP contribution is 2.27. The third-order valence-corrected chi connectivity index (χ3v) is 2.51. The minimum absolute atomic E-state index is 0.767. The zero-order chi connectivity index (χ0) is 11.8. The lowest BCUT2D eigenvalue weighted by Crippen LogP contribution is -2.04. The van der Waals surface area contributed by atoms with Gasteiger partial charge < -0.3 is 5.11 Å². The number of allylic oxidation sites excluding steroid dienone is 3. The Morgan fingerprint density at radius 2 is 2.20 bits per heavy atom. The Labute approximate surface area is 92.0 Å². The van der Waals surface area contributed by atoms with Crippen LogP contribution in [0.1, 0.15) is 33.1 Å². The lowest BCUT2D eigenvalue weighted by molar-refractivity contribution is -0.131. The number of rotatable bonds is 2. The molecule has 0 aromatic rings. The van der Waals surface area contributed by atoms with Gasteiger partial charge in [0.2, 0.25) is 0 Å². The number of carboxylic acids is 1. The zero-order valence-corrected chi connectivity index (χ0v) is 9.62. The minimum Gasteiger partial charge on any atom is -0.478 e. The highest BCUT2D eigenvalue weighted by molar-refractivity contribution is 5.78. The van der Waals surface area contributed by atoms with Crippen LogP contribution in [0.25, 0.3) is 0 Å². The molecular formula is C13H20O2. The maximum absolute atomic E-state index is 9.25. The molecule has 0 fully saturated rings. The summed E-state index contributed by atoms with van der Waals surface area (Å²) in [5, 5.41) is 7.60. The summed E-state index contributed by atoms with van der Waals surface area (Å²) in [5.41, 5.74) is 2.90. The van der Waals surface area contributed by atoms with Crippen LogP contribution in [0.3, 0.4) is 0 Å². The van der Waals surface area contributed by atoms with Crippen LogP contribution in [0.15, 0.2) is 36.5 Å². The van der Waals surface area contributed by atoms with E-state index in [1.807, 2.05) is 0 Å². The molecule has 2 heteroatoms. The Balaban J connectivity index is 0.000000336. The van der Waals surface area contributed by atoms with Crippen molar-refractivity contribution < 1.29 is 9.90 Å². The summed E-state index contributed by atoms with van der Waals surface area (Å²) in [7, 11) is 0. The van der Waals surface area contributed by atoms with Crippen molar-refractivity contribution in [2.75, 3.05) is 0 Å². The first-order valence-corrected chi connectivity index (χ1v) is 5.13. The van der Waals surface area contributed by atoms with Gasteiger partial charge >= 0.3 is 5.97 Å².